The number of hydrogen-bond acceptors (Lipinski definition) is 6. The van der Waals surface area contributed by atoms with Crippen LogP contribution in [0.25, 0.3) is 11.4 Å². The van der Waals surface area contributed by atoms with Crippen LogP contribution in [-0.2, 0) is 21.4 Å². The van der Waals surface area contributed by atoms with Crippen molar-refractivity contribution in [3.05, 3.63) is 30.3 Å². The molecule has 0 aliphatic rings. The van der Waals surface area contributed by atoms with Gasteiger partial charge in [-0.25, -0.2) is 12.7 Å². The molecule has 0 fully saturated rings. The van der Waals surface area contributed by atoms with E-state index < -0.39 is 10.0 Å². The predicted octanol–water partition coefficient (Wildman–Crippen LogP) is 0.518. The van der Waals surface area contributed by atoms with E-state index in [9.17, 15) is 13.2 Å². The number of nitrogens with zero attached hydrogens (tertiary/aromatic N) is 5. The van der Waals surface area contributed by atoms with Crippen molar-refractivity contribution >= 4 is 15.9 Å². The second-order valence-corrected chi connectivity index (χ2v) is 8.06. The van der Waals surface area contributed by atoms with Crippen LogP contribution < -0.4 is 5.32 Å². The molecule has 142 valence electrons. The molecule has 0 aliphatic carbocycles. The summed E-state index contributed by atoms with van der Waals surface area (Å²) < 4.78 is 23.8. The highest BCUT2D eigenvalue weighted by molar-refractivity contribution is 7.88. The summed E-state index contributed by atoms with van der Waals surface area (Å²) in [6.45, 7) is 1.33. The van der Waals surface area contributed by atoms with Crippen LogP contribution in [0.1, 0.15) is 19.3 Å². The molecule has 2 aromatic rings. The Hall–Kier alpha value is -2.33. The van der Waals surface area contributed by atoms with Crippen LogP contribution in [0.5, 0.6) is 0 Å². The number of benzene rings is 1. The van der Waals surface area contributed by atoms with Crippen molar-refractivity contribution in [1.82, 2.24) is 29.8 Å². The summed E-state index contributed by atoms with van der Waals surface area (Å²) in [6, 6.07) is 9.57. The number of carbonyl (C=O) groups excluding carboxylic acids is 1. The average Bonchev–Trinajstić information content (AvgIpc) is 3.07. The maximum Gasteiger partial charge on any atom is 0.220 e. The third-order valence-electron chi connectivity index (χ3n) is 3.78. The maximum absolute atomic E-state index is 11.8. The summed E-state index contributed by atoms with van der Waals surface area (Å²) in [4.78, 5) is 13.3. The van der Waals surface area contributed by atoms with Crippen molar-refractivity contribution in [3.8, 4) is 11.4 Å². The third kappa shape index (κ3) is 6.52. The van der Waals surface area contributed by atoms with Crippen LogP contribution in [0.2, 0.25) is 0 Å². The number of aryl methyl sites for hydroxylation is 1. The van der Waals surface area contributed by atoms with Crippen molar-refractivity contribution in [2.24, 2.45) is 0 Å². The Morgan fingerprint density at radius 3 is 2.65 bits per heavy atom. The number of nitrogens with one attached hydrogen (secondary N) is 1. The first kappa shape index (κ1) is 20.0. The lowest BCUT2D eigenvalue weighted by Crippen LogP contribution is -2.30. The molecule has 26 heavy (non-hydrogen) atoms. The highest BCUT2D eigenvalue weighted by Crippen LogP contribution is 2.11. The van der Waals surface area contributed by atoms with Gasteiger partial charge < -0.3 is 5.32 Å². The predicted molar refractivity (Wildman–Crippen MR) is 97.6 cm³/mol. The number of carbonyl (C=O) groups is 1. The molecule has 1 heterocycles. The van der Waals surface area contributed by atoms with E-state index in [-0.39, 0.29) is 5.91 Å². The summed E-state index contributed by atoms with van der Waals surface area (Å²) in [5.74, 6) is 0.487. The number of amides is 1. The van der Waals surface area contributed by atoms with Crippen molar-refractivity contribution in [3.63, 3.8) is 0 Å². The molecule has 9 nitrogen and oxygen atoms in total. The van der Waals surface area contributed by atoms with Gasteiger partial charge in [-0.05, 0) is 18.1 Å². The second kappa shape index (κ2) is 9.39. The van der Waals surface area contributed by atoms with E-state index in [2.05, 4.69) is 20.7 Å². The van der Waals surface area contributed by atoms with Crippen LogP contribution in [0.4, 0.5) is 0 Å². The van der Waals surface area contributed by atoms with Gasteiger partial charge in [-0.2, -0.15) is 4.80 Å². The van der Waals surface area contributed by atoms with Crippen LogP contribution in [0.3, 0.4) is 0 Å². The molecule has 2 rings (SSSR count). The van der Waals surface area contributed by atoms with Gasteiger partial charge in [-0.1, -0.05) is 30.3 Å². The van der Waals surface area contributed by atoms with Gasteiger partial charge in [0.1, 0.15) is 0 Å². The summed E-state index contributed by atoms with van der Waals surface area (Å²) in [5, 5.41) is 15.1. The smallest absolute Gasteiger partial charge is 0.220 e. The second-order valence-electron chi connectivity index (χ2n) is 5.97. The number of hydrogen-bond donors (Lipinski definition) is 1. The monoisotopic (exact) mass is 380 g/mol. The molecular formula is C16H24N6O3S. The fraction of sp³-hybridized carbons (Fsp3) is 0.500. The van der Waals surface area contributed by atoms with Gasteiger partial charge in [0.15, 0.2) is 0 Å². The van der Waals surface area contributed by atoms with E-state index in [0.29, 0.717) is 44.7 Å². The molecule has 10 heteroatoms. The molecule has 1 aromatic heterocycles. The van der Waals surface area contributed by atoms with Gasteiger partial charge in [0, 0.05) is 32.1 Å². The zero-order chi connectivity index (χ0) is 19.0. The molecule has 0 unspecified atom stereocenters. The first-order valence-electron chi connectivity index (χ1n) is 8.37. The Kier molecular flexibility index (Phi) is 7.22. The van der Waals surface area contributed by atoms with Crippen LogP contribution in [0.15, 0.2) is 30.3 Å². The van der Waals surface area contributed by atoms with Crippen LogP contribution >= 0.6 is 0 Å². The van der Waals surface area contributed by atoms with E-state index in [1.807, 2.05) is 30.3 Å². The van der Waals surface area contributed by atoms with Gasteiger partial charge in [0.05, 0.1) is 12.8 Å². The zero-order valence-electron chi connectivity index (χ0n) is 15.0. The van der Waals surface area contributed by atoms with E-state index in [1.165, 1.54) is 16.1 Å². The summed E-state index contributed by atoms with van der Waals surface area (Å²) in [7, 11) is -1.65. The molecule has 1 aromatic carbocycles. The largest absolute Gasteiger partial charge is 0.356 e. The Bertz CT molecular complexity index is 806. The molecule has 0 spiro atoms. The Morgan fingerprint density at radius 1 is 1.23 bits per heavy atom. The fourth-order valence-electron chi connectivity index (χ4n) is 2.21. The number of aromatic nitrogens is 4. The third-order valence-corrected chi connectivity index (χ3v) is 5.10. The number of rotatable bonds is 10. The lowest BCUT2D eigenvalue weighted by atomic mass is 10.2. The Balaban J connectivity index is 1.64. The van der Waals surface area contributed by atoms with Crippen LogP contribution in [-0.4, -0.2) is 65.2 Å². The molecule has 1 N–H and O–H groups in total. The minimum Gasteiger partial charge on any atom is -0.356 e. The first-order chi connectivity index (χ1) is 12.4. The molecular weight excluding hydrogens is 356 g/mol. The van der Waals surface area contributed by atoms with Gasteiger partial charge in [-0.15, -0.1) is 10.2 Å². The first-order valence-corrected chi connectivity index (χ1v) is 10.2. The lowest BCUT2D eigenvalue weighted by molar-refractivity contribution is -0.121. The van der Waals surface area contributed by atoms with E-state index >= 15 is 0 Å². The van der Waals surface area contributed by atoms with Crippen molar-refractivity contribution < 1.29 is 13.2 Å². The lowest BCUT2D eigenvalue weighted by Gasteiger charge is -2.13. The molecule has 0 saturated heterocycles. The molecule has 0 saturated carbocycles. The van der Waals surface area contributed by atoms with Crippen molar-refractivity contribution in [2.75, 3.05) is 26.4 Å². The van der Waals surface area contributed by atoms with Crippen LogP contribution in [0, 0.1) is 0 Å². The zero-order valence-corrected chi connectivity index (χ0v) is 15.8. The quantitative estimate of drug-likeness (QED) is 0.602. The summed E-state index contributed by atoms with van der Waals surface area (Å²) in [5.41, 5.74) is 0.899. The standard InChI is InChI=1S/C16H24N6O3S/c1-21(26(2,24)25)12-7-11-17-15(23)10-6-13-22-19-16(18-20-22)14-8-4-3-5-9-14/h3-5,8-9H,6-7,10-13H2,1-2H3,(H,17,23). The molecule has 0 aliphatic heterocycles. The average molecular weight is 380 g/mol. The van der Waals surface area contributed by atoms with Gasteiger partial charge in [-0.3, -0.25) is 4.79 Å². The minimum atomic E-state index is -3.17. The van der Waals surface area contributed by atoms with Gasteiger partial charge in [0.2, 0.25) is 21.8 Å². The highest BCUT2D eigenvalue weighted by atomic mass is 32.2. The number of tetrazole rings is 1. The van der Waals surface area contributed by atoms with Crippen molar-refractivity contribution in [1.29, 1.82) is 0 Å². The fourth-order valence-corrected chi connectivity index (χ4v) is 2.67. The normalized spacial score (nSPS) is 11.7. The van der Waals surface area contributed by atoms with E-state index in [1.54, 1.807) is 0 Å². The molecule has 0 atom stereocenters. The number of sulfonamides is 1. The Labute approximate surface area is 153 Å². The molecule has 0 bridgehead atoms. The molecule has 0 radical (unpaired) electrons. The SMILES string of the molecule is CN(CCCNC(=O)CCCn1nnc(-c2ccccc2)n1)S(C)(=O)=O. The van der Waals surface area contributed by atoms with E-state index in [0.717, 1.165) is 11.8 Å². The highest BCUT2D eigenvalue weighted by Gasteiger charge is 2.10. The molecule has 1 amide bonds. The topological polar surface area (TPSA) is 110 Å². The Morgan fingerprint density at radius 2 is 1.96 bits per heavy atom. The van der Waals surface area contributed by atoms with Gasteiger partial charge in [0.25, 0.3) is 0 Å². The summed E-state index contributed by atoms with van der Waals surface area (Å²) >= 11 is 0. The minimum absolute atomic E-state index is 0.0737. The summed E-state index contributed by atoms with van der Waals surface area (Å²) in [6.07, 6.45) is 2.68. The van der Waals surface area contributed by atoms with Crippen molar-refractivity contribution in [2.45, 2.75) is 25.8 Å². The van der Waals surface area contributed by atoms with Gasteiger partial charge >= 0.3 is 0 Å². The van der Waals surface area contributed by atoms with E-state index in [4.69, 9.17) is 0 Å². The maximum atomic E-state index is 11.8.